The van der Waals surface area contributed by atoms with Gasteiger partial charge in [0.25, 0.3) is 0 Å². The van der Waals surface area contributed by atoms with Crippen LogP contribution < -0.4 is 0 Å². The first-order valence-corrected chi connectivity index (χ1v) is 7.23. The Balaban J connectivity index is 2.74. The molecule has 0 unspecified atom stereocenters. The van der Waals surface area contributed by atoms with Gasteiger partial charge in [-0.05, 0) is 39.7 Å². The Morgan fingerprint density at radius 3 is 2.40 bits per heavy atom. The summed E-state index contributed by atoms with van der Waals surface area (Å²) >= 11 is 0. The number of benzene rings is 1. The Morgan fingerprint density at radius 1 is 1.20 bits per heavy atom. The Bertz CT molecular complexity index is 606. The van der Waals surface area contributed by atoms with E-state index in [2.05, 4.69) is 51.9 Å². The average Bonchev–Trinajstić information content (AvgIpc) is 2.68. The minimum absolute atomic E-state index is 0.166. The molecule has 0 fully saturated rings. The smallest absolute Gasteiger partial charge is 0.234 e. The van der Waals surface area contributed by atoms with Gasteiger partial charge in [0.05, 0.1) is 11.2 Å². The van der Waals surface area contributed by atoms with Crippen molar-refractivity contribution in [3.8, 4) is 17.1 Å². The molecule has 3 nitrogen and oxygen atoms in total. The highest BCUT2D eigenvalue weighted by atomic mass is 16.3. The van der Waals surface area contributed by atoms with Crippen molar-refractivity contribution in [2.75, 3.05) is 0 Å². The Hall–Kier alpha value is -1.77. The second kappa shape index (κ2) is 5.31. The van der Waals surface area contributed by atoms with Gasteiger partial charge in [-0.1, -0.05) is 37.6 Å². The summed E-state index contributed by atoms with van der Waals surface area (Å²) in [4.78, 5) is 0. The lowest BCUT2D eigenvalue weighted by Crippen LogP contribution is -2.24. The average molecular weight is 272 g/mol. The van der Waals surface area contributed by atoms with E-state index in [4.69, 9.17) is 0 Å². The molecule has 0 radical (unpaired) electrons. The molecule has 0 aliphatic heterocycles. The molecule has 2 aromatic rings. The van der Waals surface area contributed by atoms with Gasteiger partial charge in [-0.3, -0.25) is 4.68 Å². The van der Waals surface area contributed by atoms with Crippen LogP contribution in [0.1, 0.15) is 45.2 Å². The third kappa shape index (κ3) is 2.58. The standard InChI is InChI=1S/C17H24N2O/c1-6-9-14-15(13-11-8-7-10-12(13)2)19(17(3,4)5)18-16(14)20/h7-8,10-11H,6,9H2,1-5H3,(H,18,20). The largest absolute Gasteiger partial charge is 0.492 e. The van der Waals surface area contributed by atoms with Crippen molar-refractivity contribution in [2.45, 2.75) is 53.0 Å². The number of hydrogen-bond acceptors (Lipinski definition) is 2. The lowest BCUT2D eigenvalue weighted by molar-refractivity contribution is 0.341. The molecule has 0 aliphatic carbocycles. The first-order valence-electron chi connectivity index (χ1n) is 7.23. The normalized spacial score (nSPS) is 11.8. The van der Waals surface area contributed by atoms with Crippen LogP contribution in [-0.4, -0.2) is 14.9 Å². The van der Waals surface area contributed by atoms with E-state index < -0.39 is 0 Å². The first-order chi connectivity index (χ1) is 9.36. The third-order valence-electron chi connectivity index (χ3n) is 3.50. The van der Waals surface area contributed by atoms with Crippen molar-refractivity contribution < 1.29 is 5.11 Å². The van der Waals surface area contributed by atoms with Crippen molar-refractivity contribution in [1.29, 1.82) is 0 Å². The predicted octanol–water partition coefficient (Wildman–Crippen LogP) is 4.27. The van der Waals surface area contributed by atoms with E-state index in [-0.39, 0.29) is 11.4 Å². The zero-order valence-electron chi connectivity index (χ0n) is 13.1. The number of rotatable bonds is 3. The summed E-state index contributed by atoms with van der Waals surface area (Å²) < 4.78 is 1.95. The van der Waals surface area contributed by atoms with Gasteiger partial charge in [0.1, 0.15) is 0 Å². The van der Waals surface area contributed by atoms with Crippen LogP contribution in [0, 0.1) is 6.92 Å². The van der Waals surface area contributed by atoms with Crippen LogP contribution in [0.5, 0.6) is 5.88 Å². The molecule has 1 heterocycles. The predicted molar refractivity (Wildman–Crippen MR) is 83.1 cm³/mol. The highest BCUT2D eigenvalue weighted by molar-refractivity contribution is 5.69. The molecule has 0 spiro atoms. The monoisotopic (exact) mass is 272 g/mol. The van der Waals surface area contributed by atoms with Crippen LogP contribution in [0.25, 0.3) is 11.3 Å². The molecule has 0 amide bonds. The highest BCUT2D eigenvalue weighted by Gasteiger charge is 2.25. The van der Waals surface area contributed by atoms with E-state index in [9.17, 15) is 5.11 Å². The molecule has 0 bridgehead atoms. The van der Waals surface area contributed by atoms with Gasteiger partial charge >= 0.3 is 0 Å². The van der Waals surface area contributed by atoms with Crippen LogP contribution in [0.4, 0.5) is 0 Å². The van der Waals surface area contributed by atoms with Crippen molar-refractivity contribution >= 4 is 0 Å². The number of aromatic nitrogens is 2. The van der Waals surface area contributed by atoms with E-state index in [0.717, 1.165) is 29.7 Å². The number of aryl methyl sites for hydroxylation is 1. The molecular formula is C17H24N2O. The van der Waals surface area contributed by atoms with E-state index in [1.165, 1.54) is 5.56 Å². The van der Waals surface area contributed by atoms with E-state index in [1.54, 1.807) is 0 Å². The molecule has 1 N–H and O–H groups in total. The molecule has 1 aromatic carbocycles. The number of nitrogens with zero attached hydrogens (tertiary/aromatic N) is 2. The molecule has 0 saturated heterocycles. The quantitative estimate of drug-likeness (QED) is 0.906. The second-order valence-electron chi connectivity index (χ2n) is 6.30. The van der Waals surface area contributed by atoms with Crippen LogP contribution in [0.3, 0.4) is 0 Å². The van der Waals surface area contributed by atoms with E-state index in [0.29, 0.717) is 0 Å². The topological polar surface area (TPSA) is 38.1 Å². The van der Waals surface area contributed by atoms with Gasteiger partial charge in [-0.2, -0.15) is 0 Å². The van der Waals surface area contributed by atoms with Crippen LogP contribution in [-0.2, 0) is 12.0 Å². The molecule has 20 heavy (non-hydrogen) atoms. The Kier molecular flexibility index (Phi) is 3.89. The summed E-state index contributed by atoms with van der Waals surface area (Å²) in [5, 5.41) is 14.6. The van der Waals surface area contributed by atoms with Gasteiger partial charge in [-0.25, -0.2) is 0 Å². The van der Waals surface area contributed by atoms with Gasteiger partial charge < -0.3 is 5.11 Å². The summed E-state index contributed by atoms with van der Waals surface area (Å²) in [6, 6.07) is 8.28. The SMILES string of the molecule is CCCc1c(O)nn(C(C)(C)C)c1-c1ccccc1C. The highest BCUT2D eigenvalue weighted by Crippen LogP contribution is 2.36. The number of hydrogen-bond donors (Lipinski definition) is 1. The zero-order valence-corrected chi connectivity index (χ0v) is 13.1. The Labute approximate surface area is 121 Å². The second-order valence-corrected chi connectivity index (χ2v) is 6.30. The van der Waals surface area contributed by atoms with Crippen molar-refractivity contribution in [2.24, 2.45) is 0 Å². The lowest BCUT2D eigenvalue weighted by Gasteiger charge is -2.23. The fourth-order valence-electron chi connectivity index (χ4n) is 2.52. The van der Waals surface area contributed by atoms with Crippen molar-refractivity contribution in [1.82, 2.24) is 9.78 Å². The molecule has 0 aliphatic rings. The molecular weight excluding hydrogens is 248 g/mol. The lowest BCUT2D eigenvalue weighted by atomic mass is 9.98. The first kappa shape index (κ1) is 14.6. The third-order valence-corrected chi connectivity index (χ3v) is 3.50. The molecule has 0 saturated carbocycles. The number of aromatic hydroxyl groups is 1. The maximum atomic E-state index is 10.2. The molecule has 0 atom stereocenters. The molecule has 2 rings (SSSR count). The summed E-state index contributed by atoms with van der Waals surface area (Å²) in [5.74, 6) is 0.167. The van der Waals surface area contributed by atoms with Crippen LogP contribution in [0.2, 0.25) is 0 Å². The van der Waals surface area contributed by atoms with Crippen LogP contribution >= 0.6 is 0 Å². The van der Waals surface area contributed by atoms with Crippen LogP contribution in [0.15, 0.2) is 24.3 Å². The fraction of sp³-hybridized carbons (Fsp3) is 0.471. The van der Waals surface area contributed by atoms with Gasteiger partial charge in [0.2, 0.25) is 5.88 Å². The maximum absolute atomic E-state index is 10.2. The van der Waals surface area contributed by atoms with Crippen molar-refractivity contribution in [3.05, 3.63) is 35.4 Å². The zero-order chi connectivity index (χ0) is 14.9. The minimum atomic E-state index is -0.166. The van der Waals surface area contributed by atoms with E-state index >= 15 is 0 Å². The maximum Gasteiger partial charge on any atom is 0.234 e. The fourth-order valence-corrected chi connectivity index (χ4v) is 2.52. The molecule has 108 valence electrons. The van der Waals surface area contributed by atoms with Gasteiger partial charge in [0.15, 0.2) is 0 Å². The Morgan fingerprint density at radius 2 is 1.85 bits per heavy atom. The minimum Gasteiger partial charge on any atom is -0.492 e. The van der Waals surface area contributed by atoms with Gasteiger partial charge in [0, 0.05) is 11.1 Å². The summed E-state index contributed by atoms with van der Waals surface area (Å²) in [6.07, 6.45) is 1.83. The summed E-state index contributed by atoms with van der Waals surface area (Å²) in [5.41, 5.74) is 4.20. The molecule has 1 aromatic heterocycles. The van der Waals surface area contributed by atoms with Crippen molar-refractivity contribution in [3.63, 3.8) is 0 Å². The van der Waals surface area contributed by atoms with E-state index in [1.807, 2.05) is 16.8 Å². The summed E-state index contributed by atoms with van der Waals surface area (Å²) in [7, 11) is 0. The molecule has 3 heteroatoms. The summed E-state index contributed by atoms with van der Waals surface area (Å²) in [6.45, 7) is 10.5. The van der Waals surface area contributed by atoms with Gasteiger partial charge in [-0.15, -0.1) is 5.10 Å².